The van der Waals surface area contributed by atoms with E-state index < -0.39 is 0 Å². The highest BCUT2D eigenvalue weighted by atomic mass is 32.1. The first-order valence-corrected chi connectivity index (χ1v) is 6.25. The first kappa shape index (κ1) is 10.8. The number of rotatable bonds is 1. The average molecular weight is 254 g/mol. The van der Waals surface area contributed by atoms with Gasteiger partial charge in [-0.1, -0.05) is 6.07 Å². The molecular weight excluding hydrogens is 244 g/mol. The summed E-state index contributed by atoms with van der Waals surface area (Å²) in [5.41, 5.74) is 9.25. The monoisotopic (exact) mass is 254 g/mol. The second-order valence-electron chi connectivity index (χ2n) is 4.03. The third-order valence-electron chi connectivity index (χ3n) is 2.88. The van der Waals surface area contributed by atoms with E-state index in [0.29, 0.717) is 10.7 Å². The van der Waals surface area contributed by atoms with E-state index in [0.717, 1.165) is 27.0 Å². The van der Waals surface area contributed by atoms with Crippen LogP contribution >= 0.6 is 11.3 Å². The first-order chi connectivity index (χ1) is 8.69. The summed E-state index contributed by atoms with van der Waals surface area (Å²) in [6.07, 6.45) is 1.91. The maximum atomic E-state index is 8.88. The number of anilines is 1. The Labute approximate surface area is 108 Å². The normalized spacial score (nSPS) is 10.7. The minimum Gasteiger partial charge on any atom is -0.375 e. The van der Waals surface area contributed by atoms with Crippen LogP contribution in [0.15, 0.2) is 24.4 Å². The molecule has 4 nitrogen and oxygen atoms in total. The van der Waals surface area contributed by atoms with Crippen molar-refractivity contribution in [2.24, 2.45) is 0 Å². The van der Waals surface area contributed by atoms with E-state index in [1.807, 2.05) is 31.3 Å². The highest BCUT2D eigenvalue weighted by Crippen LogP contribution is 2.33. The number of nitrogens with zero attached hydrogens (tertiary/aromatic N) is 2. The number of nitriles is 1. The molecule has 18 heavy (non-hydrogen) atoms. The van der Waals surface area contributed by atoms with Crippen molar-refractivity contribution in [1.82, 2.24) is 9.97 Å². The molecule has 2 heterocycles. The smallest absolute Gasteiger partial charge is 0.180 e. The van der Waals surface area contributed by atoms with E-state index in [9.17, 15) is 0 Å². The van der Waals surface area contributed by atoms with Crippen LogP contribution in [0.3, 0.4) is 0 Å². The van der Waals surface area contributed by atoms with Crippen LogP contribution in [0.25, 0.3) is 22.2 Å². The maximum absolute atomic E-state index is 8.88. The van der Waals surface area contributed by atoms with Crippen molar-refractivity contribution in [1.29, 1.82) is 5.26 Å². The van der Waals surface area contributed by atoms with Gasteiger partial charge in [0.05, 0.1) is 17.3 Å². The van der Waals surface area contributed by atoms with E-state index in [2.05, 4.69) is 16.0 Å². The third kappa shape index (κ3) is 1.55. The second-order valence-corrected chi connectivity index (χ2v) is 5.27. The van der Waals surface area contributed by atoms with Crippen LogP contribution in [0.1, 0.15) is 10.4 Å². The van der Waals surface area contributed by atoms with Gasteiger partial charge < -0.3 is 10.7 Å². The molecule has 0 spiro atoms. The standard InChI is InChI=1S/C13H10N4S/c1-7-12(17-13(15)18-7)10-6-16-11-4-8(5-14)2-3-9(10)11/h2-4,6,16H,1H3,(H2,15,17). The number of nitrogens with one attached hydrogen (secondary N) is 1. The number of benzene rings is 1. The number of nitrogens with two attached hydrogens (primary N) is 1. The molecule has 0 fully saturated rings. The summed E-state index contributed by atoms with van der Waals surface area (Å²) in [6.45, 7) is 2.01. The Morgan fingerprint density at radius 1 is 1.44 bits per heavy atom. The summed E-state index contributed by atoms with van der Waals surface area (Å²) >= 11 is 1.48. The number of fused-ring (bicyclic) bond motifs is 1. The Morgan fingerprint density at radius 2 is 2.28 bits per heavy atom. The average Bonchev–Trinajstić information content (AvgIpc) is 2.91. The summed E-state index contributed by atoms with van der Waals surface area (Å²) < 4.78 is 0. The van der Waals surface area contributed by atoms with Crippen LogP contribution in [-0.4, -0.2) is 9.97 Å². The summed E-state index contributed by atoms with van der Waals surface area (Å²) in [7, 11) is 0. The van der Waals surface area contributed by atoms with Gasteiger partial charge in [0.25, 0.3) is 0 Å². The zero-order chi connectivity index (χ0) is 12.7. The highest BCUT2D eigenvalue weighted by molar-refractivity contribution is 7.15. The molecule has 0 bridgehead atoms. The number of hydrogen-bond acceptors (Lipinski definition) is 4. The molecule has 0 atom stereocenters. The Bertz CT molecular complexity index is 776. The molecule has 2 aromatic heterocycles. The largest absolute Gasteiger partial charge is 0.375 e. The van der Waals surface area contributed by atoms with Gasteiger partial charge in [-0.25, -0.2) is 4.98 Å². The minimum absolute atomic E-state index is 0.575. The minimum atomic E-state index is 0.575. The molecule has 3 aromatic rings. The van der Waals surface area contributed by atoms with E-state index in [1.165, 1.54) is 11.3 Å². The number of aryl methyl sites for hydroxylation is 1. The van der Waals surface area contributed by atoms with Gasteiger partial charge in [0, 0.05) is 27.5 Å². The maximum Gasteiger partial charge on any atom is 0.180 e. The molecule has 0 unspecified atom stereocenters. The van der Waals surface area contributed by atoms with E-state index >= 15 is 0 Å². The van der Waals surface area contributed by atoms with Crippen LogP contribution in [-0.2, 0) is 0 Å². The lowest BCUT2D eigenvalue weighted by Gasteiger charge is -1.96. The number of H-pyrrole nitrogens is 1. The van der Waals surface area contributed by atoms with Crippen molar-refractivity contribution in [2.75, 3.05) is 5.73 Å². The van der Waals surface area contributed by atoms with Gasteiger partial charge in [0.15, 0.2) is 5.13 Å². The molecule has 0 radical (unpaired) electrons. The molecule has 0 aliphatic heterocycles. The van der Waals surface area contributed by atoms with Crippen LogP contribution in [0.2, 0.25) is 0 Å². The fourth-order valence-corrected chi connectivity index (χ4v) is 2.76. The van der Waals surface area contributed by atoms with Crippen molar-refractivity contribution in [3.8, 4) is 17.3 Å². The van der Waals surface area contributed by atoms with Gasteiger partial charge in [0.2, 0.25) is 0 Å². The molecule has 3 N–H and O–H groups in total. The van der Waals surface area contributed by atoms with E-state index in [4.69, 9.17) is 11.0 Å². The Hall–Kier alpha value is -2.32. The summed E-state index contributed by atoms with van der Waals surface area (Å²) in [6, 6.07) is 7.72. The molecule has 0 aliphatic carbocycles. The van der Waals surface area contributed by atoms with Gasteiger partial charge in [-0.05, 0) is 19.1 Å². The third-order valence-corrected chi connectivity index (χ3v) is 3.68. The summed E-state index contributed by atoms with van der Waals surface area (Å²) in [5.74, 6) is 0. The molecule has 1 aromatic carbocycles. The molecule has 5 heteroatoms. The van der Waals surface area contributed by atoms with Crippen molar-refractivity contribution in [3.05, 3.63) is 34.8 Å². The fourth-order valence-electron chi connectivity index (χ4n) is 2.06. The van der Waals surface area contributed by atoms with Gasteiger partial charge in [0.1, 0.15) is 0 Å². The van der Waals surface area contributed by atoms with Crippen LogP contribution in [0.4, 0.5) is 5.13 Å². The predicted molar refractivity (Wildman–Crippen MR) is 73.3 cm³/mol. The summed E-state index contributed by atoms with van der Waals surface area (Å²) in [5, 5.41) is 10.5. The van der Waals surface area contributed by atoms with Gasteiger partial charge >= 0.3 is 0 Å². The molecule has 3 rings (SSSR count). The molecular formula is C13H10N4S. The summed E-state index contributed by atoms with van der Waals surface area (Å²) in [4.78, 5) is 8.62. The van der Waals surface area contributed by atoms with Crippen LogP contribution < -0.4 is 5.73 Å². The van der Waals surface area contributed by atoms with Crippen molar-refractivity contribution in [2.45, 2.75) is 6.92 Å². The topological polar surface area (TPSA) is 78.5 Å². The number of aromatic amines is 1. The lowest BCUT2D eigenvalue weighted by molar-refractivity contribution is 1.38. The first-order valence-electron chi connectivity index (χ1n) is 5.43. The number of nitrogen functional groups attached to an aromatic ring is 1. The number of aromatic nitrogens is 2. The quantitative estimate of drug-likeness (QED) is 0.700. The van der Waals surface area contributed by atoms with Gasteiger partial charge in [-0.15, -0.1) is 11.3 Å². The zero-order valence-corrected chi connectivity index (χ0v) is 10.5. The molecule has 0 amide bonds. The van der Waals surface area contributed by atoms with E-state index in [1.54, 1.807) is 0 Å². The van der Waals surface area contributed by atoms with Crippen LogP contribution in [0.5, 0.6) is 0 Å². The lowest BCUT2D eigenvalue weighted by atomic mass is 10.1. The van der Waals surface area contributed by atoms with Gasteiger partial charge in [-0.3, -0.25) is 0 Å². The Balaban J connectivity index is 2.25. The predicted octanol–water partition coefficient (Wildman–Crippen LogP) is 3.05. The van der Waals surface area contributed by atoms with E-state index in [-0.39, 0.29) is 0 Å². The van der Waals surface area contributed by atoms with Gasteiger partial charge in [-0.2, -0.15) is 5.26 Å². The van der Waals surface area contributed by atoms with Crippen molar-refractivity contribution in [3.63, 3.8) is 0 Å². The molecule has 88 valence electrons. The Morgan fingerprint density at radius 3 is 2.94 bits per heavy atom. The number of hydrogen-bond donors (Lipinski definition) is 2. The van der Waals surface area contributed by atoms with Crippen molar-refractivity contribution < 1.29 is 0 Å². The molecule has 0 aliphatic rings. The molecule has 0 saturated heterocycles. The fraction of sp³-hybridized carbons (Fsp3) is 0.0769. The number of thiazole rings is 1. The highest BCUT2D eigenvalue weighted by Gasteiger charge is 2.12. The second kappa shape index (κ2) is 3.86. The lowest BCUT2D eigenvalue weighted by Crippen LogP contribution is -1.83. The zero-order valence-electron chi connectivity index (χ0n) is 9.69. The van der Waals surface area contributed by atoms with Crippen molar-refractivity contribution >= 4 is 27.4 Å². The Kier molecular flexibility index (Phi) is 2.32. The molecule has 0 saturated carbocycles. The SMILES string of the molecule is Cc1sc(N)nc1-c1c[nH]c2cc(C#N)ccc12. The van der Waals surface area contributed by atoms with Crippen LogP contribution in [0, 0.1) is 18.3 Å².